The summed E-state index contributed by atoms with van der Waals surface area (Å²) >= 11 is 0. The van der Waals surface area contributed by atoms with Crippen molar-refractivity contribution >= 4 is 6.09 Å². The summed E-state index contributed by atoms with van der Waals surface area (Å²) in [6.45, 7) is 0.293. The zero-order chi connectivity index (χ0) is 20.6. The highest BCUT2D eigenvalue weighted by Gasteiger charge is 2.54. The number of hydrogen-bond acceptors (Lipinski definition) is 4. The van der Waals surface area contributed by atoms with E-state index in [1.165, 1.54) is 18.4 Å². The normalized spacial score (nSPS) is 26.8. The highest BCUT2D eigenvalue weighted by Crippen LogP contribution is 2.57. The molecule has 0 atom stereocenters. The number of alkyl carbamates (subject to hydrolysis) is 1. The third-order valence-corrected chi connectivity index (χ3v) is 6.68. The van der Waals surface area contributed by atoms with Gasteiger partial charge in [0.05, 0.1) is 11.7 Å². The average Bonchev–Trinajstić information content (AvgIpc) is 3.55. The molecule has 3 aliphatic rings. The van der Waals surface area contributed by atoms with Crippen molar-refractivity contribution in [2.24, 2.45) is 5.41 Å². The van der Waals surface area contributed by atoms with Gasteiger partial charge in [-0.25, -0.2) is 4.79 Å². The van der Waals surface area contributed by atoms with Gasteiger partial charge in [-0.3, -0.25) is 0 Å². The molecule has 0 heterocycles. The van der Waals surface area contributed by atoms with Gasteiger partial charge >= 0.3 is 6.09 Å². The first-order chi connectivity index (χ1) is 14.6. The summed E-state index contributed by atoms with van der Waals surface area (Å²) in [5.41, 5.74) is 3.18. The third kappa shape index (κ3) is 4.00. The molecule has 2 aromatic carbocycles. The monoisotopic (exact) mass is 402 g/mol. The second-order valence-electron chi connectivity index (χ2n) is 9.10. The first-order valence-electron chi connectivity index (χ1n) is 10.8. The van der Waals surface area contributed by atoms with Crippen LogP contribution in [0.3, 0.4) is 0 Å². The van der Waals surface area contributed by atoms with Crippen molar-refractivity contribution in [2.75, 3.05) is 0 Å². The molecule has 3 aliphatic carbocycles. The molecule has 1 spiro atoms. The van der Waals surface area contributed by atoms with Crippen LogP contribution in [0.5, 0.6) is 5.75 Å². The van der Waals surface area contributed by atoms with Crippen LogP contribution in [0.4, 0.5) is 4.79 Å². The van der Waals surface area contributed by atoms with Crippen LogP contribution in [-0.2, 0) is 11.3 Å². The number of ether oxygens (including phenoxy) is 2. The summed E-state index contributed by atoms with van der Waals surface area (Å²) in [5.74, 6) is 1.38. The summed E-state index contributed by atoms with van der Waals surface area (Å²) in [5, 5.41) is 12.4. The smallest absolute Gasteiger partial charge is 0.407 e. The second kappa shape index (κ2) is 7.68. The van der Waals surface area contributed by atoms with E-state index in [-0.39, 0.29) is 23.7 Å². The molecule has 0 aromatic heterocycles. The van der Waals surface area contributed by atoms with Gasteiger partial charge in [0.25, 0.3) is 0 Å². The van der Waals surface area contributed by atoms with Crippen molar-refractivity contribution in [1.29, 1.82) is 5.26 Å². The van der Waals surface area contributed by atoms with Gasteiger partial charge < -0.3 is 14.8 Å². The zero-order valence-corrected chi connectivity index (χ0v) is 17.0. The Hall–Kier alpha value is -3.00. The van der Waals surface area contributed by atoms with Crippen LogP contribution in [0.1, 0.15) is 61.1 Å². The lowest BCUT2D eigenvalue weighted by atomic mass is 9.53. The largest absolute Gasteiger partial charge is 0.489 e. The maximum Gasteiger partial charge on any atom is 0.407 e. The highest BCUT2D eigenvalue weighted by molar-refractivity contribution is 5.67. The predicted octanol–water partition coefficient (Wildman–Crippen LogP) is 5.05. The molecule has 5 rings (SSSR count). The summed E-state index contributed by atoms with van der Waals surface area (Å²) in [6.07, 6.45) is 6.21. The molecule has 154 valence electrons. The fraction of sp³-hybridized carbons (Fsp3) is 0.440. The Morgan fingerprint density at radius 2 is 1.87 bits per heavy atom. The molecule has 0 unspecified atom stereocenters. The standard InChI is InChI=1S/C25H26N2O3/c26-15-20-9-8-19(18-6-7-18)10-23(20)30-22-13-25(14-22)11-21(12-25)27-24(28)29-16-17-4-2-1-3-5-17/h1-5,8-10,18,21-22H,6-7,11-14,16H2,(H,27,28). The average molecular weight is 402 g/mol. The number of nitrogens with zero attached hydrogens (tertiary/aromatic N) is 1. The van der Waals surface area contributed by atoms with Gasteiger partial charge in [-0.05, 0) is 73.1 Å². The Kier molecular flexibility index (Phi) is 4.86. The number of nitrogens with one attached hydrogen (secondary N) is 1. The third-order valence-electron chi connectivity index (χ3n) is 6.68. The van der Waals surface area contributed by atoms with E-state index in [1.54, 1.807) is 0 Å². The first-order valence-corrected chi connectivity index (χ1v) is 10.8. The van der Waals surface area contributed by atoms with Crippen LogP contribution in [0, 0.1) is 16.7 Å². The zero-order valence-electron chi connectivity index (χ0n) is 17.0. The maximum atomic E-state index is 12.0. The van der Waals surface area contributed by atoms with E-state index < -0.39 is 0 Å². The molecular formula is C25H26N2O3. The molecule has 2 aromatic rings. The van der Waals surface area contributed by atoms with Crippen LogP contribution >= 0.6 is 0 Å². The Morgan fingerprint density at radius 1 is 1.10 bits per heavy atom. The minimum absolute atomic E-state index is 0.164. The SMILES string of the molecule is N#Cc1ccc(C2CC2)cc1OC1CC2(CC(NC(=O)OCc3ccccc3)C2)C1. The van der Waals surface area contributed by atoms with Crippen LogP contribution in [0.2, 0.25) is 0 Å². The molecular weight excluding hydrogens is 376 g/mol. The van der Waals surface area contributed by atoms with Gasteiger partial charge in [0, 0.05) is 6.04 Å². The number of carbonyl (C=O) groups excluding carboxylic acids is 1. The van der Waals surface area contributed by atoms with Crippen LogP contribution in [-0.4, -0.2) is 18.2 Å². The quantitative estimate of drug-likeness (QED) is 0.734. The molecule has 5 nitrogen and oxygen atoms in total. The van der Waals surface area contributed by atoms with Crippen LogP contribution < -0.4 is 10.1 Å². The Bertz CT molecular complexity index is 964. The number of rotatable bonds is 6. The maximum absolute atomic E-state index is 12.0. The van der Waals surface area contributed by atoms with Gasteiger partial charge in [-0.1, -0.05) is 36.4 Å². The van der Waals surface area contributed by atoms with Gasteiger partial charge in [-0.2, -0.15) is 5.26 Å². The van der Waals surface area contributed by atoms with Gasteiger partial charge in [0.2, 0.25) is 0 Å². The lowest BCUT2D eigenvalue weighted by Gasteiger charge is -2.57. The molecule has 3 saturated carbocycles. The Labute approximate surface area is 177 Å². The topological polar surface area (TPSA) is 71.3 Å². The van der Waals surface area contributed by atoms with Crippen LogP contribution in [0.15, 0.2) is 48.5 Å². The highest BCUT2D eigenvalue weighted by atomic mass is 16.5. The van der Waals surface area contributed by atoms with E-state index in [4.69, 9.17) is 9.47 Å². The molecule has 0 radical (unpaired) electrons. The van der Waals surface area contributed by atoms with E-state index in [1.807, 2.05) is 36.4 Å². The molecule has 5 heteroatoms. The van der Waals surface area contributed by atoms with Crippen molar-refractivity contribution in [1.82, 2.24) is 5.32 Å². The number of amides is 1. The lowest BCUT2D eigenvalue weighted by Crippen LogP contribution is -2.58. The van der Waals surface area contributed by atoms with E-state index in [0.717, 1.165) is 37.0 Å². The Balaban J connectivity index is 1.06. The Morgan fingerprint density at radius 3 is 2.57 bits per heavy atom. The number of hydrogen-bond donors (Lipinski definition) is 1. The summed E-state index contributed by atoms with van der Waals surface area (Å²) in [7, 11) is 0. The van der Waals surface area contributed by atoms with Gasteiger partial charge in [0.1, 0.15) is 18.4 Å². The summed E-state index contributed by atoms with van der Waals surface area (Å²) in [6, 6.07) is 18.1. The minimum Gasteiger partial charge on any atom is -0.489 e. The van der Waals surface area contributed by atoms with Crippen molar-refractivity contribution in [3.8, 4) is 11.8 Å². The molecule has 0 saturated heterocycles. The van der Waals surface area contributed by atoms with Gasteiger partial charge in [-0.15, -0.1) is 0 Å². The van der Waals surface area contributed by atoms with E-state index >= 15 is 0 Å². The van der Waals surface area contributed by atoms with E-state index in [2.05, 4.69) is 23.5 Å². The van der Waals surface area contributed by atoms with Crippen molar-refractivity contribution in [2.45, 2.75) is 63.2 Å². The fourth-order valence-electron chi connectivity index (χ4n) is 4.92. The van der Waals surface area contributed by atoms with Crippen LogP contribution in [0.25, 0.3) is 0 Å². The first kappa shape index (κ1) is 19.0. The lowest BCUT2D eigenvalue weighted by molar-refractivity contribution is -0.0844. The second-order valence-corrected chi connectivity index (χ2v) is 9.10. The molecule has 0 bridgehead atoms. The summed E-state index contributed by atoms with van der Waals surface area (Å²) < 4.78 is 11.5. The molecule has 1 N–H and O–H groups in total. The van der Waals surface area contributed by atoms with E-state index in [0.29, 0.717) is 18.1 Å². The minimum atomic E-state index is -0.346. The molecule has 30 heavy (non-hydrogen) atoms. The van der Waals surface area contributed by atoms with Crippen molar-refractivity contribution < 1.29 is 14.3 Å². The number of carbonyl (C=O) groups is 1. The number of benzene rings is 2. The molecule has 1 amide bonds. The van der Waals surface area contributed by atoms with Gasteiger partial charge in [0.15, 0.2) is 0 Å². The van der Waals surface area contributed by atoms with Crippen molar-refractivity contribution in [3.05, 3.63) is 65.2 Å². The summed E-state index contributed by atoms with van der Waals surface area (Å²) in [4.78, 5) is 12.0. The molecule has 3 fully saturated rings. The van der Waals surface area contributed by atoms with E-state index in [9.17, 15) is 10.1 Å². The fourth-order valence-corrected chi connectivity index (χ4v) is 4.92. The van der Waals surface area contributed by atoms with Crippen molar-refractivity contribution in [3.63, 3.8) is 0 Å². The molecule has 0 aliphatic heterocycles. The number of nitriles is 1. The predicted molar refractivity (Wildman–Crippen MR) is 112 cm³/mol.